The molecule has 2 fully saturated rings. The van der Waals surface area contributed by atoms with Gasteiger partial charge in [-0.05, 0) is 42.5 Å². The van der Waals surface area contributed by atoms with E-state index in [9.17, 15) is 17.6 Å². The van der Waals surface area contributed by atoms with Crippen molar-refractivity contribution >= 4 is 21.6 Å². The Labute approximate surface area is 179 Å². The van der Waals surface area contributed by atoms with Crippen LogP contribution in [0.5, 0.6) is 5.75 Å². The van der Waals surface area contributed by atoms with Crippen molar-refractivity contribution in [2.24, 2.45) is 0 Å². The number of rotatable bonds is 5. The minimum atomic E-state index is -3.90. The van der Waals surface area contributed by atoms with Crippen LogP contribution in [0.1, 0.15) is 23.2 Å². The molecular formula is C21H23FN2O6S. The van der Waals surface area contributed by atoms with Gasteiger partial charge >= 0.3 is 0 Å². The normalized spacial score (nSPS) is 18.8. The van der Waals surface area contributed by atoms with Gasteiger partial charge in [0, 0.05) is 31.6 Å². The van der Waals surface area contributed by atoms with Gasteiger partial charge in [0.2, 0.25) is 10.0 Å². The van der Waals surface area contributed by atoms with Gasteiger partial charge in [-0.25, -0.2) is 12.8 Å². The monoisotopic (exact) mass is 450 g/mol. The smallest absolute Gasteiger partial charge is 0.258 e. The first kappa shape index (κ1) is 21.7. The van der Waals surface area contributed by atoms with E-state index < -0.39 is 27.5 Å². The molecule has 2 heterocycles. The van der Waals surface area contributed by atoms with E-state index in [1.807, 2.05) is 0 Å². The number of ether oxygens (including phenoxy) is 3. The van der Waals surface area contributed by atoms with E-state index >= 15 is 0 Å². The maximum Gasteiger partial charge on any atom is 0.258 e. The number of piperidine rings is 1. The number of nitrogens with zero attached hydrogens (tertiary/aromatic N) is 1. The zero-order valence-electron chi connectivity index (χ0n) is 17.0. The Hall–Kier alpha value is -2.53. The van der Waals surface area contributed by atoms with Gasteiger partial charge in [0.1, 0.15) is 11.6 Å². The Kier molecular flexibility index (Phi) is 5.98. The fraction of sp³-hybridized carbons (Fsp3) is 0.381. The highest BCUT2D eigenvalue weighted by Crippen LogP contribution is 2.33. The Morgan fingerprint density at radius 2 is 1.74 bits per heavy atom. The summed E-state index contributed by atoms with van der Waals surface area (Å²) in [6, 6.07) is 9.72. The Morgan fingerprint density at radius 3 is 2.35 bits per heavy atom. The molecule has 0 unspecified atom stereocenters. The van der Waals surface area contributed by atoms with Crippen molar-refractivity contribution in [2.75, 3.05) is 38.7 Å². The van der Waals surface area contributed by atoms with Gasteiger partial charge in [0.05, 0.1) is 30.8 Å². The molecule has 2 aromatic rings. The second-order valence-corrected chi connectivity index (χ2v) is 9.27. The number of carbonyl (C=O) groups excluding carboxylic acids is 1. The van der Waals surface area contributed by atoms with Gasteiger partial charge in [0.15, 0.2) is 5.79 Å². The van der Waals surface area contributed by atoms with Crippen molar-refractivity contribution in [3.8, 4) is 5.75 Å². The molecule has 0 saturated carbocycles. The van der Waals surface area contributed by atoms with Gasteiger partial charge in [-0.15, -0.1) is 0 Å². The molecule has 0 aromatic heterocycles. The third-order valence-electron chi connectivity index (χ3n) is 5.47. The number of methoxy groups -OCH3 is 1. The van der Waals surface area contributed by atoms with Crippen LogP contribution in [-0.4, -0.2) is 57.8 Å². The maximum absolute atomic E-state index is 14.3. The van der Waals surface area contributed by atoms with Crippen molar-refractivity contribution in [2.45, 2.75) is 23.5 Å². The molecule has 1 N–H and O–H groups in total. The molecule has 10 heteroatoms. The lowest BCUT2D eigenvalue weighted by atomic mass is 10.1. The summed E-state index contributed by atoms with van der Waals surface area (Å²) >= 11 is 0. The summed E-state index contributed by atoms with van der Waals surface area (Å²) < 4.78 is 58.1. The SMILES string of the molecule is COc1ccc(NC(=O)c2cc(S(=O)(=O)N3CCC4(CC3)OCCO4)ccc2F)cc1. The van der Waals surface area contributed by atoms with Crippen LogP contribution in [0.4, 0.5) is 10.1 Å². The Bertz CT molecular complexity index is 1060. The van der Waals surface area contributed by atoms with E-state index in [0.29, 0.717) is 37.5 Å². The number of halogens is 1. The van der Waals surface area contributed by atoms with Crippen LogP contribution in [0, 0.1) is 5.82 Å². The van der Waals surface area contributed by atoms with E-state index in [-0.39, 0.29) is 23.5 Å². The van der Waals surface area contributed by atoms with Crippen LogP contribution in [-0.2, 0) is 19.5 Å². The van der Waals surface area contributed by atoms with Gasteiger partial charge in [0.25, 0.3) is 5.91 Å². The molecule has 0 atom stereocenters. The maximum atomic E-state index is 14.3. The van der Waals surface area contributed by atoms with Crippen molar-refractivity contribution in [1.82, 2.24) is 4.31 Å². The molecule has 1 spiro atoms. The summed E-state index contributed by atoms with van der Waals surface area (Å²) in [6.45, 7) is 1.43. The van der Waals surface area contributed by atoms with E-state index in [4.69, 9.17) is 14.2 Å². The molecule has 2 aromatic carbocycles. The molecule has 8 nitrogen and oxygen atoms in total. The second kappa shape index (κ2) is 8.54. The molecule has 0 bridgehead atoms. The zero-order valence-corrected chi connectivity index (χ0v) is 17.8. The molecule has 166 valence electrons. The van der Waals surface area contributed by atoms with Crippen molar-refractivity contribution in [1.29, 1.82) is 0 Å². The van der Waals surface area contributed by atoms with E-state index in [1.54, 1.807) is 24.3 Å². The van der Waals surface area contributed by atoms with Crippen molar-refractivity contribution in [3.63, 3.8) is 0 Å². The third-order valence-corrected chi connectivity index (χ3v) is 7.36. The third kappa shape index (κ3) is 4.42. The van der Waals surface area contributed by atoms with E-state index in [0.717, 1.165) is 12.1 Å². The van der Waals surface area contributed by atoms with E-state index in [1.165, 1.54) is 17.5 Å². The fourth-order valence-corrected chi connectivity index (χ4v) is 5.18. The number of hydrogen-bond donors (Lipinski definition) is 1. The van der Waals surface area contributed by atoms with Gasteiger partial charge in [-0.3, -0.25) is 4.79 Å². The van der Waals surface area contributed by atoms with Crippen LogP contribution in [0.25, 0.3) is 0 Å². The second-order valence-electron chi connectivity index (χ2n) is 7.34. The molecule has 31 heavy (non-hydrogen) atoms. The standard InChI is InChI=1S/C21H23FN2O6S/c1-28-16-4-2-15(3-5-16)23-20(25)18-14-17(6-7-19(18)22)31(26,27)24-10-8-21(9-11-24)29-12-13-30-21/h2-7,14H,8-13H2,1H3,(H,23,25). The number of sulfonamides is 1. The number of hydrogen-bond acceptors (Lipinski definition) is 6. The molecule has 2 aliphatic heterocycles. The topological polar surface area (TPSA) is 94.2 Å². The first-order valence-corrected chi connectivity index (χ1v) is 11.3. The number of nitrogens with one attached hydrogen (secondary N) is 1. The Morgan fingerprint density at radius 1 is 1.10 bits per heavy atom. The van der Waals surface area contributed by atoms with Crippen molar-refractivity contribution < 1.29 is 31.8 Å². The number of benzene rings is 2. The summed E-state index contributed by atoms with van der Waals surface area (Å²) in [5.41, 5.74) is 0.0733. The first-order chi connectivity index (χ1) is 14.8. The summed E-state index contributed by atoms with van der Waals surface area (Å²) in [7, 11) is -2.39. The highest BCUT2D eigenvalue weighted by atomic mass is 32.2. The molecule has 1 amide bonds. The number of carbonyl (C=O) groups is 1. The predicted molar refractivity (Wildman–Crippen MR) is 110 cm³/mol. The summed E-state index contributed by atoms with van der Waals surface area (Å²) in [6.07, 6.45) is 0.830. The average molecular weight is 450 g/mol. The van der Waals surface area contributed by atoms with Crippen LogP contribution in [0.2, 0.25) is 0 Å². The van der Waals surface area contributed by atoms with Crippen LogP contribution in [0.3, 0.4) is 0 Å². The summed E-state index contributed by atoms with van der Waals surface area (Å²) in [5, 5.41) is 2.57. The van der Waals surface area contributed by atoms with Gasteiger partial charge < -0.3 is 19.5 Å². The number of anilines is 1. The summed E-state index contributed by atoms with van der Waals surface area (Å²) in [4.78, 5) is 12.5. The largest absolute Gasteiger partial charge is 0.497 e. The van der Waals surface area contributed by atoms with Crippen LogP contribution in [0.15, 0.2) is 47.4 Å². The lowest BCUT2D eigenvalue weighted by molar-refractivity contribution is -0.179. The fourth-order valence-electron chi connectivity index (χ4n) is 3.71. The van der Waals surface area contributed by atoms with Gasteiger partial charge in [-0.1, -0.05) is 0 Å². The van der Waals surface area contributed by atoms with E-state index in [2.05, 4.69) is 5.32 Å². The number of amides is 1. The van der Waals surface area contributed by atoms with Crippen LogP contribution >= 0.6 is 0 Å². The molecular weight excluding hydrogens is 427 g/mol. The zero-order chi connectivity index (χ0) is 22.1. The lowest BCUT2D eigenvalue weighted by Crippen LogP contribution is -2.47. The average Bonchev–Trinajstić information content (AvgIpc) is 3.22. The predicted octanol–water partition coefficient (Wildman–Crippen LogP) is 2.61. The highest BCUT2D eigenvalue weighted by molar-refractivity contribution is 7.89. The minimum Gasteiger partial charge on any atom is -0.497 e. The molecule has 0 radical (unpaired) electrons. The lowest BCUT2D eigenvalue weighted by Gasteiger charge is -2.36. The quantitative estimate of drug-likeness (QED) is 0.753. The molecule has 0 aliphatic carbocycles. The highest BCUT2D eigenvalue weighted by Gasteiger charge is 2.42. The molecule has 2 aliphatic rings. The van der Waals surface area contributed by atoms with Crippen LogP contribution < -0.4 is 10.1 Å². The molecule has 2 saturated heterocycles. The van der Waals surface area contributed by atoms with Crippen molar-refractivity contribution in [3.05, 3.63) is 53.8 Å². The first-order valence-electron chi connectivity index (χ1n) is 9.86. The summed E-state index contributed by atoms with van der Waals surface area (Å²) in [5.74, 6) is -1.66. The Balaban J connectivity index is 1.51. The minimum absolute atomic E-state index is 0.141. The molecule has 4 rings (SSSR count). The van der Waals surface area contributed by atoms with Gasteiger partial charge in [-0.2, -0.15) is 4.31 Å².